The highest BCUT2D eigenvalue weighted by Crippen LogP contribution is 2.27. The van der Waals surface area contributed by atoms with Gasteiger partial charge < -0.3 is 15.0 Å². The number of carbonyl (C=O) groups excluding carboxylic acids is 2. The first kappa shape index (κ1) is 19.9. The Hall–Kier alpha value is -2.38. The number of piperidine rings is 1. The third kappa shape index (κ3) is 5.86. The molecule has 144 valence electrons. The van der Waals surface area contributed by atoms with Gasteiger partial charge in [0.2, 0.25) is 0 Å². The summed E-state index contributed by atoms with van der Waals surface area (Å²) >= 11 is 0. The van der Waals surface area contributed by atoms with Crippen molar-refractivity contribution in [2.75, 3.05) is 18.4 Å². The van der Waals surface area contributed by atoms with E-state index in [0.29, 0.717) is 24.8 Å². The fourth-order valence-electron chi connectivity index (χ4n) is 3.09. The van der Waals surface area contributed by atoms with Gasteiger partial charge >= 0.3 is 12.1 Å². The Morgan fingerprint density at radius 3 is 2.69 bits per heavy atom. The molecule has 0 aromatic carbocycles. The fourth-order valence-corrected chi connectivity index (χ4v) is 3.09. The minimum atomic E-state index is -0.528. The molecule has 2 heterocycles. The number of nitrogens with one attached hydrogen (secondary N) is 2. The second-order valence-electron chi connectivity index (χ2n) is 7.88. The lowest BCUT2D eigenvalue weighted by Crippen LogP contribution is -2.52. The smallest absolute Gasteiger partial charge is 0.407 e. The minimum Gasteiger partial charge on any atom is -0.444 e. The maximum absolute atomic E-state index is 12.6. The Kier molecular flexibility index (Phi) is 6.39. The first-order chi connectivity index (χ1) is 12.2. The zero-order valence-electron chi connectivity index (χ0n) is 16.2. The summed E-state index contributed by atoms with van der Waals surface area (Å²) in [6.45, 7) is 10.7. The number of ether oxygens (including phenoxy) is 1. The van der Waals surface area contributed by atoms with Gasteiger partial charge in [-0.15, -0.1) is 0 Å². The topological polar surface area (TPSA) is 96.5 Å². The number of aromatic nitrogens is 2. The summed E-state index contributed by atoms with van der Waals surface area (Å²) in [6, 6.07) is 1.58. The number of rotatable bonds is 3. The van der Waals surface area contributed by atoms with Crippen molar-refractivity contribution in [3.63, 3.8) is 0 Å². The lowest BCUT2D eigenvalue weighted by Gasteiger charge is -2.41. The molecule has 3 atom stereocenters. The standard InChI is InChI=1S/C18H29N5O3/c1-12-8-13(2)23(16(24)22-15-6-7-19-11-21-15)10-14(12)9-20-17(25)26-18(3,4)5/h6-7,11-14H,8-10H2,1-5H3,(H,20,25)(H,19,21,22,24). The van der Waals surface area contributed by atoms with E-state index in [-0.39, 0.29) is 18.0 Å². The molecule has 2 N–H and O–H groups in total. The number of nitrogens with zero attached hydrogens (tertiary/aromatic N) is 3. The highest BCUT2D eigenvalue weighted by atomic mass is 16.6. The Bertz CT molecular complexity index is 617. The van der Waals surface area contributed by atoms with Crippen LogP contribution in [0.1, 0.15) is 41.0 Å². The summed E-state index contributed by atoms with van der Waals surface area (Å²) < 4.78 is 5.28. The molecule has 3 unspecified atom stereocenters. The van der Waals surface area contributed by atoms with Crippen LogP contribution in [0, 0.1) is 11.8 Å². The molecule has 0 saturated carbocycles. The van der Waals surface area contributed by atoms with Gasteiger partial charge in [-0.2, -0.15) is 0 Å². The predicted octanol–water partition coefficient (Wildman–Crippen LogP) is 2.88. The van der Waals surface area contributed by atoms with E-state index in [1.807, 2.05) is 27.7 Å². The van der Waals surface area contributed by atoms with Gasteiger partial charge in [-0.1, -0.05) is 6.92 Å². The average molecular weight is 363 g/mol. The molecule has 3 amide bonds. The lowest BCUT2D eigenvalue weighted by atomic mass is 9.83. The average Bonchev–Trinajstić information content (AvgIpc) is 2.53. The SMILES string of the molecule is CC1CC(C)N(C(=O)Nc2ccncn2)CC1CNC(=O)OC(C)(C)C. The highest BCUT2D eigenvalue weighted by molar-refractivity contribution is 5.88. The van der Waals surface area contributed by atoms with Crippen molar-refractivity contribution in [3.8, 4) is 0 Å². The molecular weight excluding hydrogens is 334 g/mol. The minimum absolute atomic E-state index is 0.115. The first-order valence-corrected chi connectivity index (χ1v) is 8.96. The van der Waals surface area contributed by atoms with Gasteiger partial charge in [-0.05, 0) is 52.0 Å². The largest absolute Gasteiger partial charge is 0.444 e. The normalized spacial score (nSPS) is 23.3. The van der Waals surface area contributed by atoms with Crippen LogP contribution in [0.4, 0.5) is 15.4 Å². The Balaban J connectivity index is 1.93. The number of likely N-dealkylation sites (tertiary alicyclic amines) is 1. The molecule has 1 saturated heterocycles. The van der Waals surface area contributed by atoms with Crippen molar-refractivity contribution in [1.29, 1.82) is 0 Å². The highest BCUT2D eigenvalue weighted by Gasteiger charge is 2.34. The Labute approximate surface area is 154 Å². The van der Waals surface area contributed by atoms with E-state index in [4.69, 9.17) is 4.74 Å². The molecule has 0 bridgehead atoms. The van der Waals surface area contributed by atoms with Crippen LogP contribution in [0.25, 0.3) is 0 Å². The van der Waals surface area contributed by atoms with Gasteiger partial charge in [0.05, 0.1) is 0 Å². The molecule has 1 aliphatic heterocycles. The molecule has 0 radical (unpaired) electrons. The number of urea groups is 1. The van der Waals surface area contributed by atoms with Crippen LogP contribution in [0.15, 0.2) is 18.6 Å². The zero-order valence-corrected chi connectivity index (χ0v) is 16.2. The van der Waals surface area contributed by atoms with Crippen molar-refractivity contribution in [2.45, 2.75) is 52.7 Å². The van der Waals surface area contributed by atoms with Crippen LogP contribution in [0.5, 0.6) is 0 Å². The van der Waals surface area contributed by atoms with Crippen LogP contribution in [0.2, 0.25) is 0 Å². The molecule has 1 aromatic heterocycles. The van der Waals surface area contributed by atoms with E-state index in [9.17, 15) is 9.59 Å². The summed E-state index contributed by atoms with van der Waals surface area (Å²) in [7, 11) is 0. The van der Waals surface area contributed by atoms with Crippen molar-refractivity contribution in [2.24, 2.45) is 11.8 Å². The van der Waals surface area contributed by atoms with Crippen LogP contribution in [0.3, 0.4) is 0 Å². The number of amides is 3. The van der Waals surface area contributed by atoms with Crippen molar-refractivity contribution >= 4 is 17.9 Å². The summed E-state index contributed by atoms with van der Waals surface area (Å²) in [5.74, 6) is 1.03. The summed E-state index contributed by atoms with van der Waals surface area (Å²) in [5, 5.41) is 5.62. The summed E-state index contributed by atoms with van der Waals surface area (Å²) in [5.41, 5.74) is -0.528. The first-order valence-electron chi connectivity index (χ1n) is 8.96. The summed E-state index contributed by atoms with van der Waals surface area (Å²) in [6.07, 6.45) is 3.42. The summed E-state index contributed by atoms with van der Waals surface area (Å²) in [4.78, 5) is 34.1. The maximum Gasteiger partial charge on any atom is 0.407 e. The van der Waals surface area contributed by atoms with Gasteiger partial charge in [-0.3, -0.25) is 5.32 Å². The zero-order chi connectivity index (χ0) is 19.3. The van der Waals surface area contributed by atoms with Gasteiger partial charge in [0.1, 0.15) is 17.7 Å². The quantitative estimate of drug-likeness (QED) is 0.861. The predicted molar refractivity (Wildman–Crippen MR) is 98.7 cm³/mol. The molecule has 0 aliphatic carbocycles. The molecule has 0 spiro atoms. The van der Waals surface area contributed by atoms with Crippen LogP contribution in [-0.4, -0.2) is 51.7 Å². The third-order valence-electron chi connectivity index (χ3n) is 4.47. The Morgan fingerprint density at radius 2 is 2.08 bits per heavy atom. The molecule has 8 heteroatoms. The van der Waals surface area contributed by atoms with E-state index in [2.05, 4.69) is 27.5 Å². The maximum atomic E-state index is 12.6. The molecule has 1 aliphatic rings. The number of hydrogen-bond donors (Lipinski definition) is 2. The van der Waals surface area contributed by atoms with Crippen LogP contribution < -0.4 is 10.6 Å². The molecule has 26 heavy (non-hydrogen) atoms. The van der Waals surface area contributed by atoms with Crippen LogP contribution in [-0.2, 0) is 4.74 Å². The molecule has 2 rings (SSSR count). The molecule has 1 aromatic rings. The van der Waals surface area contributed by atoms with Crippen LogP contribution >= 0.6 is 0 Å². The monoisotopic (exact) mass is 363 g/mol. The Morgan fingerprint density at radius 1 is 1.35 bits per heavy atom. The molecule has 1 fully saturated rings. The van der Waals surface area contributed by atoms with Gasteiger partial charge in [0.25, 0.3) is 0 Å². The van der Waals surface area contributed by atoms with E-state index < -0.39 is 11.7 Å². The van der Waals surface area contributed by atoms with E-state index in [0.717, 1.165) is 6.42 Å². The van der Waals surface area contributed by atoms with Crippen molar-refractivity contribution in [3.05, 3.63) is 18.6 Å². The number of anilines is 1. The second kappa shape index (κ2) is 8.33. The number of alkyl carbamates (subject to hydrolysis) is 1. The molecular formula is C18H29N5O3. The number of carbonyl (C=O) groups is 2. The fraction of sp³-hybridized carbons (Fsp3) is 0.667. The van der Waals surface area contributed by atoms with Gasteiger partial charge in [0.15, 0.2) is 0 Å². The second-order valence-corrected chi connectivity index (χ2v) is 7.88. The van der Waals surface area contributed by atoms with Gasteiger partial charge in [-0.25, -0.2) is 19.6 Å². The van der Waals surface area contributed by atoms with E-state index in [1.165, 1.54) is 6.33 Å². The van der Waals surface area contributed by atoms with E-state index >= 15 is 0 Å². The molecule has 8 nitrogen and oxygen atoms in total. The lowest BCUT2D eigenvalue weighted by molar-refractivity contribution is 0.0487. The van der Waals surface area contributed by atoms with E-state index in [1.54, 1.807) is 17.2 Å². The third-order valence-corrected chi connectivity index (χ3v) is 4.47. The van der Waals surface area contributed by atoms with Gasteiger partial charge in [0, 0.05) is 25.3 Å². The number of hydrogen-bond acceptors (Lipinski definition) is 5. The van der Waals surface area contributed by atoms with Crippen molar-refractivity contribution < 1.29 is 14.3 Å². The van der Waals surface area contributed by atoms with Crippen molar-refractivity contribution in [1.82, 2.24) is 20.2 Å².